The average Bonchev–Trinajstić information content (AvgIpc) is 2.78. The maximum atomic E-state index is 5.68. The molecule has 1 aromatic carbocycles. The highest BCUT2D eigenvalue weighted by molar-refractivity contribution is 8.14. The zero-order chi connectivity index (χ0) is 13.7. The summed E-state index contributed by atoms with van der Waals surface area (Å²) in [5, 5.41) is 4.54. The van der Waals surface area contributed by atoms with Gasteiger partial charge < -0.3 is 10.1 Å². The number of ether oxygens (including phenoxy) is 1. The molecule has 0 radical (unpaired) electrons. The number of rotatable bonds is 5. The Morgan fingerprint density at radius 1 is 1.47 bits per heavy atom. The Morgan fingerprint density at radius 2 is 2.32 bits per heavy atom. The highest BCUT2D eigenvalue weighted by Gasteiger charge is 2.30. The van der Waals surface area contributed by atoms with Crippen molar-refractivity contribution in [2.75, 3.05) is 18.9 Å². The van der Waals surface area contributed by atoms with Crippen molar-refractivity contribution in [1.29, 1.82) is 0 Å². The molecule has 1 aromatic rings. The summed E-state index contributed by atoms with van der Waals surface area (Å²) in [4.78, 5) is 4.55. The van der Waals surface area contributed by atoms with Crippen molar-refractivity contribution in [3.05, 3.63) is 29.8 Å². The van der Waals surface area contributed by atoms with Gasteiger partial charge in [-0.05, 0) is 38.0 Å². The molecule has 3 nitrogen and oxygen atoms in total. The number of nitrogens with zero attached hydrogens (tertiary/aromatic N) is 1. The summed E-state index contributed by atoms with van der Waals surface area (Å²) in [5.74, 6) is 2.02. The molecular formula is C15H22N2OS. The van der Waals surface area contributed by atoms with Gasteiger partial charge >= 0.3 is 0 Å². The van der Waals surface area contributed by atoms with Gasteiger partial charge in [-0.2, -0.15) is 0 Å². The van der Waals surface area contributed by atoms with E-state index in [4.69, 9.17) is 4.74 Å². The summed E-state index contributed by atoms with van der Waals surface area (Å²) in [7, 11) is 0. The normalized spacial score (nSPS) is 24.5. The van der Waals surface area contributed by atoms with Crippen LogP contribution in [0.5, 0.6) is 5.75 Å². The maximum absolute atomic E-state index is 5.68. The van der Waals surface area contributed by atoms with Crippen molar-refractivity contribution in [2.45, 2.75) is 32.7 Å². The first-order chi connectivity index (χ1) is 9.11. The third kappa shape index (κ3) is 4.16. The van der Waals surface area contributed by atoms with Crippen LogP contribution in [0.25, 0.3) is 0 Å². The summed E-state index contributed by atoms with van der Waals surface area (Å²) < 4.78 is 5.68. The van der Waals surface area contributed by atoms with E-state index in [2.05, 4.69) is 37.1 Å². The maximum Gasteiger partial charge on any atom is 0.157 e. The number of amidine groups is 1. The molecule has 0 aromatic heterocycles. The Bertz CT molecular complexity index is 461. The third-order valence-electron chi connectivity index (χ3n) is 3.32. The molecule has 1 saturated heterocycles. The van der Waals surface area contributed by atoms with Crippen LogP contribution in [0.2, 0.25) is 0 Å². The van der Waals surface area contributed by atoms with Crippen LogP contribution in [0.3, 0.4) is 0 Å². The zero-order valence-corrected chi connectivity index (χ0v) is 12.7. The number of hydrogen-bond acceptors (Lipinski definition) is 3. The van der Waals surface area contributed by atoms with Gasteiger partial charge in [0.2, 0.25) is 0 Å². The Morgan fingerprint density at radius 3 is 3.00 bits per heavy atom. The molecule has 4 heteroatoms. The standard InChI is InChI=1S/C15H22N2OS/c1-4-15(3)11-19-14(17-15)16-8-9-18-13-7-5-6-12(2)10-13/h5-7,10H,4,8-9,11H2,1-3H3,(H,16,17). The monoisotopic (exact) mass is 278 g/mol. The summed E-state index contributed by atoms with van der Waals surface area (Å²) in [6, 6.07) is 8.11. The van der Waals surface area contributed by atoms with E-state index in [-0.39, 0.29) is 5.54 Å². The smallest absolute Gasteiger partial charge is 0.157 e. The van der Waals surface area contributed by atoms with Crippen LogP contribution in [-0.4, -0.2) is 29.6 Å². The zero-order valence-electron chi connectivity index (χ0n) is 11.9. The number of nitrogens with one attached hydrogen (secondary N) is 1. The van der Waals surface area contributed by atoms with Gasteiger partial charge in [0.15, 0.2) is 5.17 Å². The van der Waals surface area contributed by atoms with Crippen LogP contribution in [0.1, 0.15) is 25.8 Å². The molecule has 0 spiro atoms. The Balaban J connectivity index is 1.75. The predicted octanol–water partition coefficient (Wildman–Crippen LogP) is 3.23. The van der Waals surface area contributed by atoms with Gasteiger partial charge in [0.1, 0.15) is 12.4 Å². The molecular weight excluding hydrogens is 256 g/mol. The minimum absolute atomic E-state index is 0.209. The van der Waals surface area contributed by atoms with Gasteiger partial charge in [0.25, 0.3) is 0 Å². The van der Waals surface area contributed by atoms with Gasteiger partial charge in [-0.1, -0.05) is 30.8 Å². The number of aryl methyl sites for hydroxylation is 1. The largest absolute Gasteiger partial charge is 0.492 e. The molecule has 1 atom stereocenters. The molecule has 0 amide bonds. The summed E-state index contributed by atoms with van der Waals surface area (Å²) in [5.41, 5.74) is 1.43. The quantitative estimate of drug-likeness (QED) is 0.840. The lowest BCUT2D eigenvalue weighted by molar-refractivity contribution is 0.328. The first kappa shape index (κ1) is 14.3. The van der Waals surface area contributed by atoms with Gasteiger partial charge in [-0.15, -0.1) is 0 Å². The average molecular weight is 278 g/mol. The summed E-state index contributed by atoms with van der Waals surface area (Å²) in [6.07, 6.45) is 1.12. The lowest BCUT2D eigenvalue weighted by atomic mass is 10.0. The number of thioether (sulfide) groups is 1. The fourth-order valence-corrected chi connectivity index (χ4v) is 3.08. The number of aliphatic imine (C=N–C) groups is 1. The highest BCUT2D eigenvalue weighted by Crippen LogP contribution is 2.25. The van der Waals surface area contributed by atoms with E-state index in [9.17, 15) is 0 Å². The molecule has 19 heavy (non-hydrogen) atoms. The lowest BCUT2D eigenvalue weighted by Crippen LogP contribution is -2.39. The van der Waals surface area contributed by atoms with E-state index >= 15 is 0 Å². The molecule has 1 unspecified atom stereocenters. The van der Waals surface area contributed by atoms with Gasteiger partial charge in [-0.3, -0.25) is 4.99 Å². The molecule has 0 aliphatic carbocycles. The summed E-state index contributed by atoms with van der Waals surface area (Å²) in [6.45, 7) is 7.84. The first-order valence-corrected chi connectivity index (χ1v) is 7.75. The fourth-order valence-electron chi connectivity index (χ4n) is 1.85. The molecule has 0 saturated carbocycles. The molecule has 104 valence electrons. The number of benzene rings is 1. The highest BCUT2D eigenvalue weighted by atomic mass is 32.2. The van der Waals surface area contributed by atoms with Crippen molar-refractivity contribution in [3.63, 3.8) is 0 Å². The molecule has 0 bridgehead atoms. The Hall–Kier alpha value is -1.16. The molecule has 1 aliphatic rings. The summed E-state index contributed by atoms with van der Waals surface area (Å²) >= 11 is 1.81. The van der Waals surface area contributed by atoms with E-state index in [0.717, 1.165) is 23.1 Å². The van der Waals surface area contributed by atoms with Crippen molar-refractivity contribution in [1.82, 2.24) is 5.32 Å². The van der Waals surface area contributed by atoms with Crippen LogP contribution in [-0.2, 0) is 0 Å². The predicted molar refractivity (Wildman–Crippen MR) is 83.3 cm³/mol. The van der Waals surface area contributed by atoms with Crippen molar-refractivity contribution >= 4 is 16.9 Å². The topological polar surface area (TPSA) is 33.6 Å². The van der Waals surface area contributed by atoms with Gasteiger partial charge in [-0.25, -0.2) is 0 Å². The third-order valence-corrected chi connectivity index (χ3v) is 4.61. The Kier molecular flexibility index (Phi) is 4.75. The minimum Gasteiger partial charge on any atom is -0.492 e. The van der Waals surface area contributed by atoms with Crippen molar-refractivity contribution in [3.8, 4) is 5.75 Å². The van der Waals surface area contributed by atoms with Crippen LogP contribution >= 0.6 is 11.8 Å². The van der Waals surface area contributed by atoms with E-state index < -0.39 is 0 Å². The van der Waals surface area contributed by atoms with Gasteiger partial charge in [0.05, 0.1) is 6.54 Å². The Labute approximate surface area is 119 Å². The van der Waals surface area contributed by atoms with Crippen LogP contribution < -0.4 is 10.1 Å². The van der Waals surface area contributed by atoms with E-state index in [1.807, 2.05) is 18.2 Å². The minimum atomic E-state index is 0.209. The van der Waals surface area contributed by atoms with Crippen LogP contribution in [0, 0.1) is 6.92 Å². The van der Waals surface area contributed by atoms with Crippen LogP contribution in [0.4, 0.5) is 0 Å². The molecule has 2 rings (SSSR count). The molecule has 1 N–H and O–H groups in total. The van der Waals surface area contributed by atoms with Crippen molar-refractivity contribution < 1.29 is 4.74 Å². The first-order valence-electron chi connectivity index (χ1n) is 6.76. The van der Waals surface area contributed by atoms with Crippen molar-refractivity contribution in [2.24, 2.45) is 4.99 Å². The van der Waals surface area contributed by atoms with E-state index in [1.165, 1.54) is 5.56 Å². The van der Waals surface area contributed by atoms with E-state index in [1.54, 1.807) is 11.8 Å². The fraction of sp³-hybridized carbons (Fsp3) is 0.533. The molecule has 1 heterocycles. The lowest BCUT2D eigenvalue weighted by Gasteiger charge is -2.20. The van der Waals surface area contributed by atoms with E-state index in [0.29, 0.717) is 13.2 Å². The molecule has 1 aliphatic heterocycles. The SMILES string of the molecule is CCC1(C)CSC(=NCCOc2cccc(C)c2)N1. The molecule has 1 fully saturated rings. The van der Waals surface area contributed by atoms with Crippen LogP contribution in [0.15, 0.2) is 29.3 Å². The second-order valence-electron chi connectivity index (χ2n) is 5.18. The second-order valence-corrected chi connectivity index (χ2v) is 6.14. The van der Waals surface area contributed by atoms with Gasteiger partial charge in [0, 0.05) is 11.3 Å². The second kappa shape index (κ2) is 6.33. The number of hydrogen-bond donors (Lipinski definition) is 1.